The van der Waals surface area contributed by atoms with Gasteiger partial charge in [-0.15, -0.1) is 0 Å². The first-order valence-corrected chi connectivity index (χ1v) is 6.44. The molecule has 1 N–H and O–H groups in total. The maximum absolute atomic E-state index is 13.3. The standard InChI is InChI=1S/C14H19FN2O2/c1-9-6-12(15)8-13(7-9)16-14(18)17-4-5-19-11(3)10(17)2/h6-8,10-11H,4-5H2,1-3H3,(H,16,18)/t10-,11+/m1/s1. The fraction of sp³-hybridized carbons (Fsp3) is 0.500. The highest BCUT2D eigenvalue weighted by molar-refractivity contribution is 5.89. The van der Waals surface area contributed by atoms with Gasteiger partial charge in [-0.3, -0.25) is 0 Å². The molecule has 1 saturated heterocycles. The van der Waals surface area contributed by atoms with E-state index in [0.29, 0.717) is 18.8 Å². The molecule has 1 heterocycles. The summed E-state index contributed by atoms with van der Waals surface area (Å²) in [5.41, 5.74) is 1.26. The molecule has 2 atom stereocenters. The van der Waals surface area contributed by atoms with Gasteiger partial charge in [0.2, 0.25) is 0 Å². The number of amides is 2. The van der Waals surface area contributed by atoms with Crippen LogP contribution in [0.5, 0.6) is 0 Å². The van der Waals surface area contributed by atoms with E-state index in [1.54, 1.807) is 17.9 Å². The highest BCUT2D eigenvalue weighted by Crippen LogP contribution is 2.17. The lowest BCUT2D eigenvalue weighted by Gasteiger charge is -2.37. The first kappa shape index (κ1) is 13.8. The van der Waals surface area contributed by atoms with Crippen LogP contribution in [0, 0.1) is 12.7 Å². The van der Waals surface area contributed by atoms with E-state index in [4.69, 9.17) is 4.74 Å². The molecule has 0 spiro atoms. The Morgan fingerprint density at radius 1 is 1.42 bits per heavy atom. The Balaban J connectivity index is 2.08. The molecule has 1 aromatic rings. The number of nitrogens with one attached hydrogen (secondary N) is 1. The molecule has 1 fully saturated rings. The average Bonchev–Trinajstić information content (AvgIpc) is 2.31. The lowest BCUT2D eigenvalue weighted by Crippen LogP contribution is -2.52. The molecule has 0 saturated carbocycles. The Morgan fingerprint density at radius 2 is 2.16 bits per heavy atom. The van der Waals surface area contributed by atoms with Gasteiger partial charge in [-0.2, -0.15) is 0 Å². The zero-order valence-corrected chi connectivity index (χ0v) is 11.4. The summed E-state index contributed by atoms with van der Waals surface area (Å²) in [6.07, 6.45) is 0.00810. The molecule has 2 amide bonds. The third-order valence-electron chi connectivity index (χ3n) is 3.44. The number of nitrogens with zero attached hydrogens (tertiary/aromatic N) is 1. The van der Waals surface area contributed by atoms with Gasteiger partial charge in [0.15, 0.2) is 0 Å². The molecule has 0 radical (unpaired) electrons. The molecule has 1 aliphatic rings. The summed E-state index contributed by atoms with van der Waals surface area (Å²) < 4.78 is 18.8. The molecule has 0 aliphatic carbocycles. The van der Waals surface area contributed by atoms with Gasteiger partial charge >= 0.3 is 6.03 Å². The monoisotopic (exact) mass is 266 g/mol. The van der Waals surface area contributed by atoms with Gasteiger partial charge in [0.05, 0.1) is 18.8 Å². The van der Waals surface area contributed by atoms with E-state index in [0.717, 1.165) is 5.56 Å². The molecule has 4 nitrogen and oxygen atoms in total. The number of aryl methyl sites for hydroxylation is 1. The third-order valence-corrected chi connectivity index (χ3v) is 3.44. The second kappa shape index (κ2) is 5.57. The van der Waals surface area contributed by atoms with Crippen LogP contribution in [0.2, 0.25) is 0 Å². The number of hydrogen-bond donors (Lipinski definition) is 1. The third kappa shape index (κ3) is 3.23. The van der Waals surface area contributed by atoms with E-state index in [2.05, 4.69) is 5.32 Å². The van der Waals surface area contributed by atoms with Crippen molar-refractivity contribution >= 4 is 11.7 Å². The summed E-state index contributed by atoms with van der Waals surface area (Å²) in [4.78, 5) is 13.9. The minimum atomic E-state index is -0.348. The quantitative estimate of drug-likeness (QED) is 0.849. The zero-order valence-electron chi connectivity index (χ0n) is 11.4. The minimum Gasteiger partial charge on any atom is -0.375 e. The van der Waals surface area contributed by atoms with Gasteiger partial charge < -0.3 is 15.0 Å². The minimum absolute atomic E-state index is 0.00315. The summed E-state index contributed by atoms with van der Waals surface area (Å²) in [6, 6.07) is 4.28. The molecule has 1 aromatic carbocycles. The molecular weight excluding hydrogens is 247 g/mol. The first-order chi connectivity index (χ1) is 8.97. The van der Waals surface area contributed by atoms with E-state index < -0.39 is 0 Å². The topological polar surface area (TPSA) is 41.6 Å². The number of urea groups is 1. The molecule has 5 heteroatoms. The summed E-state index contributed by atoms with van der Waals surface area (Å²) in [6.45, 7) is 6.75. The predicted molar refractivity (Wildman–Crippen MR) is 71.7 cm³/mol. The van der Waals surface area contributed by atoms with Crippen LogP contribution in [0.25, 0.3) is 0 Å². The van der Waals surface area contributed by atoms with Gasteiger partial charge in [-0.05, 0) is 44.5 Å². The van der Waals surface area contributed by atoms with Crippen LogP contribution in [-0.2, 0) is 4.74 Å². The van der Waals surface area contributed by atoms with Crippen molar-refractivity contribution in [3.8, 4) is 0 Å². The van der Waals surface area contributed by atoms with Crippen LogP contribution in [-0.4, -0.2) is 36.2 Å². The van der Waals surface area contributed by atoms with Crippen molar-refractivity contribution in [2.45, 2.75) is 32.9 Å². The van der Waals surface area contributed by atoms with Crippen LogP contribution in [0.4, 0.5) is 14.9 Å². The largest absolute Gasteiger partial charge is 0.375 e. The zero-order chi connectivity index (χ0) is 14.0. The van der Waals surface area contributed by atoms with Gasteiger partial charge in [0.25, 0.3) is 0 Å². The van der Waals surface area contributed by atoms with Gasteiger partial charge in [0, 0.05) is 12.2 Å². The first-order valence-electron chi connectivity index (χ1n) is 6.44. The van der Waals surface area contributed by atoms with Crippen LogP contribution in [0.15, 0.2) is 18.2 Å². The summed E-state index contributed by atoms with van der Waals surface area (Å²) in [5.74, 6) is -0.348. The summed E-state index contributed by atoms with van der Waals surface area (Å²) in [5, 5.41) is 2.74. The van der Waals surface area contributed by atoms with Gasteiger partial charge in [0.1, 0.15) is 5.82 Å². The summed E-state index contributed by atoms with van der Waals surface area (Å²) >= 11 is 0. The van der Waals surface area contributed by atoms with Crippen LogP contribution in [0.3, 0.4) is 0 Å². The highest BCUT2D eigenvalue weighted by atomic mass is 19.1. The van der Waals surface area contributed by atoms with Crippen LogP contribution in [0.1, 0.15) is 19.4 Å². The van der Waals surface area contributed by atoms with Crippen molar-refractivity contribution < 1.29 is 13.9 Å². The van der Waals surface area contributed by atoms with E-state index >= 15 is 0 Å². The Kier molecular flexibility index (Phi) is 4.04. The normalized spacial score (nSPS) is 23.3. The molecule has 104 valence electrons. The van der Waals surface area contributed by atoms with Crippen molar-refractivity contribution in [2.24, 2.45) is 0 Å². The number of carbonyl (C=O) groups excluding carboxylic acids is 1. The van der Waals surface area contributed by atoms with Crippen molar-refractivity contribution in [2.75, 3.05) is 18.5 Å². The lowest BCUT2D eigenvalue weighted by atomic mass is 10.1. The van der Waals surface area contributed by atoms with Gasteiger partial charge in [-0.25, -0.2) is 9.18 Å². The van der Waals surface area contributed by atoms with Crippen molar-refractivity contribution in [3.63, 3.8) is 0 Å². The summed E-state index contributed by atoms with van der Waals surface area (Å²) in [7, 11) is 0. The Hall–Kier alpha value is -1.62. The number of carbonyl (C=O) groups is 1. The number of morpholine rings is 1. The fourth-order valence-electron chi connectivity index (χ4n) is 2.22. The molecule has 19 heavy (non-hydrogen) atoms. The Morgan fingerprint density at radius 3 is 2.84 bits per heavy atom. The van der Waals surface area contributed by atoms with Crippen LogP contribution >= 0.6 is 0 Å². The number of ether oxygens (including phenoxy) is 1. The molecule has 2 rings (SSSR count). The van der Waals surface area contributed by atoms with Crippen molar-refractivity contribution in [1.29, 1.82) is 0 Å². The van der Waals surface area contributed by atoms with E-state index in [1.807, 2.05) is 13.8 Å². The van der Waals surface area contributed by atoms with Crippen molar-refractivity contribution in [1.82, 2.24) is 4.90 Å². The molecule has 0 unspecified atom stereocenters. The molecule has 0 aromatic heterocycles. The second-order valence-corrected chi connectivity index (χ2v) is 4.96. The number of benzene rings is 1. The second-order valence-electron chi connectivity index (χ2n) is 4.96. The van der Waals surface area contributed by atoms with Crippen molar-refractivity contribution in [3.05, 3.63) is 29.6 Å². The van der Waals surface area contributed by atoms with E-state index in [-0.39, 0.29) is 24.0 Å². The smallest absolute Gasteiger partial charge is 0.322 e. The van der Waals surface area contributed by atoms with E-state index in [9.17, 15) is 9.18 Å². The number of halogens is 1. The Bertz CT molecular complexity index is 458. The van der Waals surface area contributed by atoms with Crippen LogP contribution < -0.4 is 5.32 Å². The molecule has 1 aliphatic heterocycles. The maximum Gasteiger partial charge on any atom is 0.322 e. The predicted octanol–water partition coefficient (Wildman–Crippen LogP) is 2.78. The SMILES string of the molecule is Cc1cc(F)cc(NC(=O)N2CCO[C@@H](C)[C@H]2C)c1. The fourth-order valence-corrected chi connectivity index (χ4v) is 2.22. The number of hydrogen-bond acceptors (Lipinski definition) is 2. The Labute approximate surface area is 112 Å². The average molecular weight is 266 g/mol. The number of rotatable bonds is 1. The molecular formula is C14H19FN2O2. The number of anilines is 1. The van der Waals surface area contributed by atoms with E-state index in [1.165, 1.54) is 12.1 Å². The molecule has 0 bridgehead atoms. The highest BCUT2D eigenvalue weighted by Gasteiger charge is 2.29. The lowest BCUT2D eigenvalue weighted by molar-refractivity contribution is -0.0355. The maximum atomic E-state index is 13.3. The van der Waals surface area contributed by atoms with Gasteiger partial charge in [-0.1, -0.05) is 0 Å².